The average Bonchev–Trinajstić information content (AvgIpc) is 3.40. The van der Waals surface area contributed by atoms with Gasteiger partial charge in [-0.05, 0) is 46.8 Å². The molecule has 15 heteroatoms. The highest BCUT2D eigenvalue weighted by atomic mass is 16.7. The minimum Gasteiger partial charge on any atom is -0.488 e. The Bertz CT molecular complexity index is 1570. The molecule has 0 bridgehead atoms. The maximum Gasteiger partial charge on any atom is 0.336 e. The topological polar surface area (TPSA) is 225 Å². The SMILES string of the molecule is CC(C)O[C@@H]1O[C@H](CO)[C@@H](O)[C@H](OC(=O)CC(C)(O)CC(=O)O[C@H](COc2c3ccoc3cc3oc(=O)ccc23)C(C)(C)O)[C@H]1O. The van der Waals surface area contributed by atoms with E-state index >= 15 is 0 Å². The van der Waals surface area contributed by atoms with E-state index in [1.807, 2.05) is 0 Å². The number of esters is 2. The van der Waals surface area contributed by atoms with Gasteiger partial charge in [0.25, 0.3) is 0 Å². The maximum absolute atomic E-state index is 12.9. The van der Waals surface area contributed by atoms with Crippen LogP contribution in [0.5, 0.6) is 5.75 Å². The van der Waals surface area contributed by atoms with Crippen molar-refractivity contribution in [2.75, 3.05) is 13.2 Å². The Labute approximate surface area is 263 Å². The lowest BCUT2D eigenvalue weighted by Crippen LogP contribution is -2.61. The number of hydrogen-bond donors (Lipinski definition) is 5. The molecule has 1 unspecified atom stereocenters. The number of carbonyl (C=O) groups excluding carboxylic acids is 2. The van der Waals surface area contributed by atoms with Gasteiger partial charge in [0, 0.05) is 12.1 Å². The minimum absolute atomic E-state index is 0.195. The molecular formula is C31H40O15. The van der Waals surface area contributed by atoms with Crippen molar-refractivity contribution >= 4 is 33.9 Å². The third-order valence-electron chi connectivity index (χ3n) is 7.30. The smallest absolute Gasteiger partial charge is 0.336 e. The molecule has 0 aliphatic carbocycles. The first-order chi connectivity index (χ1) is 21.5. The van der Waals surface area contributed by atoms with Crippen LogP contribution in [0.4, 0.5) is 0 Å². The third-order valence-corrected chi connectivity index (χ3v) is 7.30. The van der Waals surface area contributed by atoms with Crippen LogP contribution >= 0.6 is 0 Å². The Hall–Kier alpha value is -3.57. The average molecular weight is 653 g/mol. The number of benzene rings is 1. The first kappa shape index (κ1) is 35.3. The number of rotatable bonds is 13. The lowest BCUT2D eigenvalue weighted by molar-refractivity contribution is -0.310. The van der Waals surface area contributed by atoms with Crippen molar-refractivity contribution < 1.29 is 67.6 Å². The number of aliphatic hydroxyl groups excluding tert-OH is 3. The monoisotopic (exact) mass is 652 g/mol. The van der Waals surface area contributed by atoms with E-state index in [2.05, 4.69) is 0 Å². The molecule has 254 valence electrons. The van der Waals surface area contributed by atoms with E-state index in [1.54, 1.807) is 19.9 Å². The highest BCUT2D eigenvalue weighted by Crippen LogP contribution is 2.35. The number of hydrogen-bond acceptors (Lipinski definition) is 15. The summed E-state index contributed by atoms with van der Waals surface area (Å²) >= 11 is 0. The van der Waals surface area contributed by atoms with Crippen molar-refractivity contribution in [3.05, 3.63) is 40.9 Å². The maximum atomic E-state index is 12.9. The summed E-state index contributed by atoms with van der Waals surface area (Å²) in [6, 6.07) is 5.89. The van der Waals surface area contributed by atoms with Crippen molar-refractivity contribution in [3.63, 3.8) is 0 Å². The molecule has 1 aromatic carbocycles. The Kier molecular flexibility index (Phi) is 10.8. The van der Waals surface area contributed by atoms with Crippen LogP contribution in [0.15, 0.2) is 44.2 Å². The fourth-order valence-electron chi connectivity index (χ4n) is 4.96. The van der Waals surface area contributed by atoms with Gasteiger partial charge < -0.3 is 58.1 Å². The molecule has 1 saturated heterocycles. The number of ether oxygens (including phenoxy) is 5. The molecule has 1 aliphatic rings. The summed E-state index contributed by atoms with van der Waals surface area (Å²) in [6.07, 6.45) is -9.04. The Morgan fingerprint density at radius 1 is 0.978 bits per heavy atom. The van der Waals surface area contributed by atoms with Gasteiger partial charge in [-0.15, -0.1) is 0 Å². The molecule has 3 heterocycles. The van der Waals surface area contributed by atoms with Crippen LogP contribution in [0.2, 0.25) is 0 Å². The predicted octanol–water partition coefficient (Wildman–Crippen LogP) is 0.908. The highest BCUT2D eigenvalue weighted by molar-refractivity contribution is 6.01. The van der Waals surface area contributed by atoms with Crippen molar-refractivity contribution in [2.45, 2.75) is 102 Å². The molecule has 7 atom stereocenters. The lowest BCUT2D eigenvalue weighted by Gasteiger charge is -2.42. The Morgan fingerprint density at radius 3 is 2.30 bits per heavy atom. The van der Waals surface area contributed by atoms with Crippen LogP contribution in [0.3, 0.4) is 0 Å². The fraction of sp³-hybridized carbons (Fsp3) is 0.581. The Morgan fingerprint density at radius 2 is 1.65 bits per heavy atom. The van der Waals surface area contributed by atoms with Crippen molar-refractivity contribution in [3.8, 4) is 5.75 Å². The van der Waals surface area contributed by atoms with E-state index in [-0.39, 0.29) is 17.9 Å². The van der Waals surface area contributed by atoms with Crippen LogP contribution < -0.4 is 10.4 Å². The van der Waals surface area contributed by atoms with E-state index in [9.17, 15) is 39.9 Å². The quantitative estimate of drug-likeness (QED) is 0.128. The van der Waals surface area contributed by atoms with Gasteiger partial charge in [-0.2, -0.15) is 0 Å². The highest BCUT2D eigenvalue weighted by Gasteiger charge is 2.48. The van der Waals surface area contributed by atoms with Gasteiger partial charge in [-0.3, -0.25) is 9.59 Å². The number of aliphatic hydroxyl groups is 5. The zero-order chi connectivity index (χ0) is 34.0. The Balaban J connectivity index is 1.41. The van der Waals surface area contributed by atoms with Gasteiger partial charge in [0.1, 0.15) is 41.8 Å². The third kappa shape index (κ3) is 8.41. The van der Waals surface area contributed by atoms with E-state index in [0.717, 1.165) is 0 Å². The molecular weight excluding hydrogens is 612 g/mol. The summed E-state index contributed by atoms with van der Waals surface area (Å²) in [5.74, 6) is -1.80. The van der Waals surface area contributed by atoms with Crippen molar-refractivity contribution in [1.82, 2.24) is 0 Å². The number of furan rings is 1. The second kappa shape index (κ2) is 14.0. The molecule has 5 N–H and O–H groups in total. The zero-order valence-electron chi connectivity index (χ0n) is 26.1. The summed E-state index contributed by atoms with van der Waals surface area (Å²) in [5, 5.41) is 53.3. The van der Waals surface area contributed by atoms with E-state index in [4.69, 9.17) is 32.5 Å². The molecule has 0 saturated carbocycles. The molecule has 15 nitrogen and oxygen atoms in total. The summed E-state index contributed by atoms with van der Waals surface area (Å²) in [7, 11) is 0. The molecule has 4 rings (SSSR count). The molecule has 0 amide bonds. The van der Waals surface area contributed by atoms with Crippen LogP contribution in [0.1, 0.15) is 47.5 Å². The summed E-state index contributed by atoms with van der Waals surface area (Å²) < 4.78 is 38.2. The number of fused-ring (bicyclic) bond motifs is 2. The van der Waals surface area contributed by atoms with Gasteiger partial charge in [-0.25, -0.2) is 4.79 Å². The van der Waals surface area contributed by atoms with Gasteiger partial charge >= 0.3 is 17.6 Å². The molecule has 0 radical (unpaired) electrons. The van der Waals surface area contributed by atoms with Crippen molar-refractivity contribution in [2.24, 2.45) is 0 Å². The van der Waals surface area contributed by atoms with Crippen LogP contribution in [0.25, 0.3) is 21.9 Å². The van der Waals surface area contributed by atoms with Gasteiger partial charge in [-0.1, -0.05) is 0 Å². The summed E-state index contributed by atoms with van der Waals surface area (Å²) in [6.45, 7) is 6.29. The van der Waals surface area contributed by atoms with Crippen LogP contribution in [-0.4, -0.2) is 105 Å². The molecule has 2 aromatic heterocycles. The summed E-state index contributed by atoms with van der Waals surface area (Å²) in [4.78, 5) is 37.5. The summed E-state index contributed by atoms with van der Waals surface area (Å²) in [5.41, 5.74) is -3.66. The molecule has 1 aliphatic heterocycles. The second-order valence-electron chi connectivity index (χ2n) is 12.3. The standard InChI is InChI=1S/C31H40O15/c1-15(2)42-29-26(37)28(25(36)20(13-32)44-29)46-24(35)12-31(5,39)11-23(34)45-21(30(3,4)38)14-41-27-16-6-7-22(33)43-19(16)10-18-17(27)8-9-40-18/h6-10,15,20-21,25-26,28-29,32,36-39H,11-14H2,1-5H3/t20-,21-,25-,26-,28+,29-,31?/m1/s1. The van der Waals surface area contributed by atoms with Crippen molar-refractivity contribution in [1.29, 1.82) is 0 Å². The molecule has 1 fully saturated rings. The van der Waals surface area contributed by atoms with Crippen LogP contribution in [-0.2, 0) is 28.5 Å². The lowest BCUT2D eigenvalue weighted by atomic mass is 9.96. The van der Waals surface area contributed by atoms with E-state index < -0.39 is 91.1 Å². The predicted molar refractivity (Wildman–Crippen MR) is 158 cm³/mol. The first-order valence-corrected chi connectivity index (χ1v) is 14.7. The fourth-order valence-corrected chi connectivity index (χ4v) is 4.96. The normalized spacial score (nSPS) is 24.1. The first-order valence-electron chi connectivity index (χ1n) is 14.7. The molecule has 46 heavy (non-hydrogen) atoms. The van der Waals surface area contributed by atoms with Gasteiger partial charge in [0.05, 0.1) is 53.8 Å². The molecule has 3 aromatic rings. The van der Waals surface area contributed by atoms with E-state index in [0.29, 0.717) is 16.4 Å². The molecule has 0 spiro atoms. The zero-order valence-corrected chi connectivity index (χ0v) is 26.1. The second-order valence-corrected chi connectivity index (χ2v) is 12.3. The largest absolute Gasteiger partial charge is 0.488 e. The van der Waals surface area contributed by atoms with Gasteiger partial charge in [0.15, 0.2) is 18.5 Å². The van der Waals surface area contributed by atoms with Gasteiger partial charge in [0.2, 0.25) is 0 Å². The number of carbonyl (C=O) groups is 2. The minimum atomic E-state index is -2.01. The van der Waals surface area contributed by atoms with Crippen LogP contribution in [0, 0.1) is 0 Å². The van der Waals surface area contributed by atoms with E-state index in [1.165, 1.54) is 45.2 Å².